The molecule has 2 saturated heterocycles. The van der Waals surface area contributed by atoms with E-state index in [4.69, 9.17) is 21.1 Å². The normalized spacial score (nSPS) is 23.0. The zero-order valence-electron chi connectivity index (χ0n) is 14.7. The molecule has 2 atom stereocenters. The van der Waals surface area contributed by atoms with E-state index in [0.717, 1.165) is 54.2 Å². The fourth-order valence-corrected chi connectivity index (χ4v) is 3.78. The molecule has 8 heteroatoms. The predicted molar refractivity (Wildman–Crippen MR) is 110 cm³/mol. The van der Waals surface area contributed by atoms with Gasteiger partial charge in [0, 0.05) is 54.5 Å². The molecule has 142 valence electrons. The summed E-state index contributed by atoms with van der Waals surface area (Å²) in [6, 6.07) is 3.85. The van der Waals surface area contributed by atoms with Gasteiger partial charge >= 0.3 is 0 Å². The molecule has 2 fully saturated rings. The van der Waals surface area contributed by atoms with E-state index in [-0.39, 0.29) is 18.2 Å². The number of amides is 1. The number of piperazine rings is 1. The van der Waals surface area contributed by atoms with Gasteiger partial charge in [-0.2, -0.15) is 0 Å². The molecule has 0 aromatic heterocycles. The maximum atomic E-state index is 11.6. The summed E-state index contributed by atoms with van der Waals surface area (Å²) in [4.78, 5) is 15.8. The van der Waals surface area contributed by atoms with Gasteiger partial charge in [0.2, 0.25) is 5.91 Å². The van der Waals surface area contributed by atoms with Gasteiger partial charge in [-0.3, -0.25) is 15.0 Å². The Labute approximate surface area is 172 Å². The van der Waals surface area contributed by atoms with Crippen molar-refractivity contribution in [2.24, 2.45) is 0 Å². The molecule has 0 radical (unpaired) electrons. The standard InChI is InChI=1S/C18H23ClIN3O3/c1-3-16(24)23-8-6-22(7-9-23)5-4-21-18-17(26-18)12-10-14(20)13(19)11-15(12)25-2/h3,10-11,17-18,21H,1,4-9H2,2H3. The molecule has 0 saturated carbocycles. The number of halogens is 2. The van der Waals surface area contributed by atoms with Crippen LogP contribution < -0.4 is 10.1 Å². The minimum absolute atomic E-state index is 0.00204. The number of nitrogens with zero attached hydrogens (tertiary/aromatic N) is 2. The summed E-state index contributed by atoms with van der Waals surface area (Å²) < 4.78 is 12.2. The van der Waals surface area contributed by atoms with Gasteiger partial charge in [0.15, 0.2) is 0 Å². The number of hydrogen-bond donors (Lipinski definition) is 1. The summed E-state index contributed by atoms with van der Waals surface area (Å²) in [5.41, 5.74) is 1.02. The summed E-state index contributed by atoms with van der Waals surface area (Å²) >= 11 is 8.37. The van der Waals surface area contributed by atoms with Crippen molar-refractivity contribution in [3.63, 3.8) is 0 Å². The summed E-state index contributed by atoms with van der Waals surface area (Å²) in [6.07, 6.45) is 1.39. The number of nitrogens with one attached hydrogen (secondary N) is 1. The number of methoxy groups -OCH3 is 1. The maximum Gasteiger partial charge on any atom is 0.246 e. The van der Waals surface area contributed by atoms with E-state index in [1.54, 1.807) is 7.11 Å². The number of ether oxygens (including phenoxy) is 2. The van der Waals surface area contributed by atoms with Crippen molar-refractivity contribution in [1.82, 2.24) is 15.1 Å². The first-order chi connectivity index (χ1) is 12.5. The number of hydrogen-bond acceptors (Lipinski definition) is 5. The molecule has 1 aromatic rings. The molecule has 26 heavy (non-hydrogen) atoms. The molecule has 0 spiro atoms. The van der Waals surface area contributed by atoms with Crippen molar-refractivity contribution in [2.45, 2.75) is 12.3 Å². The molecule has 1 aromatic carbocycles. The summed E-state index contributed by atoms with van der Waals surface area (Å²) in [6.45, 7) is 8.60. The molecule has 1 N–H and O–H groups in total. The molecule has 2 heterocycles. The molecular weight excluding hydrogens is 469 g/mol. The largest absolute Gasteiger partial charge is 0.496 e. The van der Waals surface area contributed by atoms with Crippen LogP contribution in [0.25, 0.3) is 0 Å². The zero-order chi connectivity index (χ0) is 18.7. The van der Waals surface area contributed by atoms with Crippen LogP contribution in [-0.4, -0.2) is 68.3 Å². The number of carbonyl (C=O) groups excluding carboxylic acids is 1. The number of benzene rings is 1. The lowest BCUT2D eigenvalue weighted by Gasteiger charge is -2.34. The number of carbonyl (C=O) groups is 1. The Kier molecular flexibility index (Phi) is 6.79. The second-order valence-corrected chi connectivity index (χ2v) is 7.88. The number of epoxide rings is 1. The zero-order valence-corrected chi connectivity index (χ0v) is 17.6. The van der Waals surface area contributed by atoms with Gasteiger partial charge in [-0.05, 0) is 34.7 Å². The second kappa shape index (κ2) is 8.88. The maximum absolute atomic E-state index is 11.6. The van der Waals surface area contributed by atoms with E-state index in [1.807, 2.05) is 17.0 Å². The van der Waals surface area contributed by atoms with Crippen molar-refractivity contribution in [3.05, 3.63) is 38.9 Å². The molecule has 2 aliphatic heterocycles. The van der Waals surface area contributed by atoms with Gasteiger partial charge in [-0.1, -0.05) is 18.2 Å². The van der Waals surface area contributed by atoms with Gasteiger partial charge in [0.25, 0.3) is 0 Å². The fourth-order valence-electron chi connectivity index (χ4n) is 3.13. The van der Waals surface area contributed by atoms with E-state index in [0.29, 0.717) is 5.02 Å². The lowest BCUT2D eigenvalue weighted by molar-refractivity contribution is -0.127. The van der Waals surface area contributed by atoms with E-state index >= 15 is 0 Å². The monoisotopic (exact) mass is 491 g/mol. The molecular formula is C18H23ClIN3O3. The Balaban J connectivity index is 1.42. The minimum atomic E-state index is -0.00204. The second-order valence-electron chi connectivity index (χ2n) is 6.31. The average Bonchev–Trinajstić information content (AvgIpc) is 3.42. The highest BCUT2D eigenvalue weighted by Crippen LogP contribution is 2.43. The third kappa shape index (κ3) is 4.69. The van der Waals surface area contributed by atoms with E-state index in [9.17, 15) is 4.79 Å². The highest BCUT2D eigenvalue weighted by Gasteiger charge is 2.42. The summed E-state index contributed by atoms with van der Waals surface area (Å²) in [5, 5.41) is 4.12. The Hall–Kier alpha value is -0.870. The van der Waals surface area contributed by atoms with Crippen molar-refractivity contribution in [2.75, 3.05) is 46.4 Å². The molecule has 0 bridgehead atoms. The van der Waals surface area contributed by atoms with E-state index in [1.165, 1.54) is 6.08 Å². The van der Waals surface area contributed by atoms with Crippen LogP contribution in [0.4, 0.5) is 0 Å². The minimum Gasteiger partial charge on any atom is -0.496 e. The van der Waals surface area contributed by atoms with Crippen molar-refractivity contribution >= 4 is 40.1 Å². The van der Waals surface area contributed by atoms with Crippen LogP contribution in [0.1, 0.15) is 11.7 Å². The van der Waals surface area contributed by atoms with Crippen LogP contribution in [0.15, 0.2) is 24.8 Å². The van der Waals surface area contributed by atoms with Crippen LogP contribution in [0.5, 0.6) is 5.75 Å². The van der Waals surface area contributed by atoms with Gasteiger partial charge in [0.1, 0.15) is 18.1 Å². The quantitative estimate of drug-likeness (QED) is 0.360. The number of rotatable bonds is 7. The first-order valence-corrected chi connectivity index (χ1v) is 10.0. The predicted octanol–water partition coefficient (Wildman–Crippen LogP) is 2.27. The Morgan fingerprint density at radius 2 is 2.19 bits per heavy atom. The van der Waals surface area contributed by atoms with Crippen LogP contribution in [0.2, 0.25) is 5.02 Å². The average molecular weight is 492 g/mol. The summed E-state index contributed by atoms with van der Waals surface area (Å²) in [7, 11) is 1.64. The van der Waals surface area contributed by atoms with Crippen LogP contribution >= 0.6 is 34.2 Å². The van der Waals surface area contributed by atoms with E-state index in [2.05, 4.69) is 39.4 Å². The van der Waals surface area contributed by atoms with Gasteiger partial charge in [-0.15, -0.1) is 0 Å². The molecule has 2 unspecified atom stereocenters. The van der Waals surface area contributed by atoms with Crippen LogP contribution in [0, 0.1) is 3.57 Å². The van der Waals surface area contributed by atoms with Crippen LogP contribution in [-0.2, 0) is 9.53 Å². The first-order valence-electron chi connectivity index (χ1n) is 8.59. The lowest BCUT2D eigenvalue weighted by Crippen LogP contribution is -2.49. The molecule has 2 aliphatic rings. The van der Waals surface area contributed by atoms with Crippen LogP contribution in [0.3, 0.4) is 0 Å². The Morgan fingerprint density at radius 3 is 2.85 bits per heavy atom. The van der Waals surface area contributed by atoms with Crippen molar-refractivity contribution < 1.29 is 14.3 Å². The van der Waals surface area contributed by atoms with Crippen molar-refractivity contribution in [3.8, 4) is 5.75 Å². The molecule has 0 aliphatic carbocycles. The highest BCUT2D eigenvalue weighted by atomic mass is 127. The van der Waals surface area contributed by atoms with Gasteiger partial charge < -0.3 is 14.4 Å². The fraction of sp³-hybridized carbons (Fsp3) is 0.500. The lowest BCUT2D eigenvalue weighted by atomic mass is 10.1. The molecule has 6 nitrogen and oxygen atoms in total. The SMILES string of the molecule is C=CC(=O)N1CCN(CCNC2OC2c2cc(I)c(Cl)cc2OC)CC1. The van der Waals surface area contributed by atoms with Crippen molar-refractivity contribution in [1.29, 1.82) is 0 Å². The summed E-state index contributed by atoms with van der Waals surface area (Å²) in [5.74, 6) is 0.774. The smallest absolute Gasteiger partial charge is 0.246 e. The molecule has 3 rings (SSSR count). The Morgan fingerprint density at radius 1 is 1.46 bits per heavy atom. The third-order valence-corrected chi connectivity index (χ3v) is 6.23. The molecule has 1 amide bonds. The van der Waals surface area contributed by atoms with Gasteiger partial charge in [0.05, 0.1) is 12.1 Å². The topological polar surface area (TPSA) is 57.3 Å². The Bertz CT molecular complexity index is 680. The third-order valence-electron chi connectivity index (χ3n) is 4.70. The first kappa shape index (κ1) is 19.9. The van der Waals surface area contributed by atoms with E-state index < -0.39 is 0 Å². The van der Waals surface area contributed by atoms with Gasteiger partial charge in [-0.25, -0.2) is 0 Å². The highest BCUT2D eigenvalue weighted by molar-refractivity contribution is 14.1.